The van der Waals surface area contributed by atoms with Gasteiger partial charge < -0.3 is 28.4 Å². The highest BCUT2D eigenvalue weighted by Crippen LogP contribution is 2.26. The summed E-state index contributed by atoms with van der Waals surface area (Å²) >= 11 is 5.40. The van der Waals surface area contributed by atoms with Crippen molar-refractivity contribution >= 4 is 51.0 Å². The Morgan fingerprint density at radius 2 is 1.92 bits per heavy atom. The molecular formula is C27H31NO9S2. The largest absolute Gasteiger partial charge is 0.468 e. The summed E-state index contributed by atoms with van der Waals surface area (Å²) < 4.78 is 49.7. The maximum atomic E-state index is 12.9. The molecule has 12 heteroatoms. The maximum absolute atomic E-state index is 12.9. The van der Waals surface area contributed by atoms with E-state index < -0.39 is 28.0 Å². The predicted molar refractivity (Wildman–Crippen MR) is 148 cm³/mol. The van der Waals surface area contributed by atoms with Gasteiger partial charge in [0.15, 0.2) is 6.29 Å². The third-order valence-corrected chi connectivity index (χ3v) is 6.34. The summed E-state index contributed by atoms with van der Waals surface area (Å²) in [6, 6.07) is 13.4. The van der Waals surface area contributed by atoms with Gasteiger partial charge in [0.1, 0.15) is 17.3 Å². The van der Waals surface area contributed by atoms with Crippen LogP contribution in [-0.4, -0.2) is 58.2 Å². The Morgan fingerprint density at radius 3 is 2.59 bits per heavy atom. The predicted octanol–water partition coefficient (Wildman–Crippen LogP) is 3.85. The smallest absolute Gasteiger partial charge is 0.327 e. The van der Waals surface area contributed by atoms with Gasteiger partial charge in [-0.3, -0.25) is 9.59 Å². The highest BCUT2D eigenvalue weighted by molar-refractivity contribution is 7.86. The summed E-state index contributed by atoms with van der Waals surface area (Å²) in [5.41, 5.74) is 1.58. The van der Waals surface area contributed by atoms with Crippen LogP contribution < -0.4 is 9.50 Å². The number of anilines is 1. The van der Waals surface area contributed by atoms with Crippen LogP contribution in [0.25, 0.3) is 6.08 Å². The second-order valence-corrected chi connectivity index (χ2v) is 10.6. The van der Waals surface area contributed by atoms with Crippen LogP contribution in [0.3, 0.4) is 0 Å². The molecule has 0 spiro atoms. The number of rotatable bonds is 12. The number of carbonyl (C=O) groups is 2. The number of nitrogens with one attached hydrogen (secondary N) is 1. The molecule has 10 nitrogen and oxygen atoms in total. The van der Waals surface area contributed by atoms with E-state index in [9.17, 15) is 18.0 Å². The highest BCUT2D eigenvalue weighted by atomic mass is 32.2. The number of thiocarbonyl (C=S) groups is 1. The highest BCUT2D eigenvalue weighted by Gasteiger charge is 2.34. The monoisotopic (exact) mass is 577 g/mol. The van der Waals surface area contributed by atoms with E-state index in [0.29, 0.717) is 12.2 Å². The van der Waals surface area contributed by atoms with Gasteiger partial charge >= 0.3 is 22.1 Å². The summed E-state index contributed by atoms with van der Waals surface area (Å²) in [5.74, 6) is -3.36. The molecule has 1 aliphatic rings. The van der Waals surface area contributed by atoms with Crippen LogP contribution >= 0.6 is 12.2 Å². The van der Waals surface area contributed by atoms with Crippen LogP contribution in [0, 0.1) is 5.92 Å². The topological polar surface area (TPSA) is 126 Å². The standard InChI is InChI=1S/C27H31NO9S2/c1-33-26(29)24(27(30)36-18-19-9-4-3-5-10-19)25(38)28-22-17-21(37-39(2,31)32)14-13-20(22)11-8-16-35-23-12-6-7-15-34-23/h3-5,8-11,13-14,17,23-24H,6-7,12,15-16,18H2,1-2H3,(H,28,38)/b11-8-. The van der Waals surface area contributed by atoms with Crippen LogP contribution in [-0.2, 0) is 45.3 Å². The number of hydrogen-bond donors (Lipinski definition) is 1. The zero-order chi connectivity index (χ0) is 28.3. The van der Waals surface area contributed by atoms with Crippen LogP contribution in [0.2, 0.25) is 0 Å². The lowest BCUT2D eigenvalue weighted by Gasteiger charge is -2.22. The first kappa shape index (κ1) is 30.2. The third kappa shape index (κ3) is 10.1. The number of carbonyl (C=O) groups excluding carboxylic acids is 2. The summed E-state index contributed by atoms with van der Waals surface area (Å²) in [6.07, 6.45) is 7.00. The van der Waals surface area contributed by atoms with Crippen LogP contribution in [0.15, 0.2) is 54.6 Å². The summed E-state index contributed by atoms with van der Waals surface area (Å²) in [6.45, 7) is 0.871. The molecule has 1 heterocycles. The van der Waals surface area contributed by atoms with Gasteiger partial charge in [-0.2, -0.15) is 8.42 Å². The quantitative estimate of drug-likeness (QED) is 0.171. The Balaban J connectivity index is 1.77. The van der Waals surface area contributed by atoms with E-state index in [1.807, 2.05) is 6.07 Å². The SMILES string of the molecule is COC(=O)C(C(=O)OCc1ccccc1)C(=S)Nc1cc(OS(C)(=O)=O)ccc1/C=C\COC1CCCCO1. The van der Waals surface area contributed by atoms with Crippen LogP contribution in [0.1, 0.15) is 30.4 Å². The van der Waals surface area contributed by atoms with Crippen molar-refractivity contribution in [3.63, 3.8) is 0 Å². The van der Waals surface area contributed by atoms with Crippen molar-refractivity contribution in [1.29, 1.82) is 0 Å². The Bertz CT molecular complexity index is 1270. The first-order valence-electron chi connectivity index (χ1n) is 12.2. The van der Waals surface area contributed by atoms with Gasteiger partial charge in [0.25, 0.3) is 0 Å². The van der Waals surface area contributed by atoms with Crippen molar-refractivity contribution in [3.8, 4) is 5.75 Å². The van der Waals surface area contributed by atoms with Crippen molar-refractivity contribution in [3.05, 3.63) is 65.7 Å². The summed E-state index contributed by atoms with van der Waals surface area (Å²) in [5, 5.41) is 2.86. The van der Waals surface area contributed by atoms with Gasteiger partial charge in [-0.15, -0.1) is 0 Å². The maximum Gasteiger partial charge on any atom is 0.327 e. The Labute approximate surface area is 233 Å². The first-order valence-corrected chi connectivity index (χ1v) is 14.4. The lowest BCUT2D eigenvalue weighted by molar-refractivity contribution is -0.157. The summed E-state index contributed by atoms with van der Waals surface area (Å²) in [7, 11) is -2.68. The number of benzene rings is 2. The second kappa shape index (κ2) is 14.7. The van der Waals surface area contributed by atoms with E-state index in [4.69, 9.17) is 35.3 Å². The van der Waals surface area contributed by atoms with Crippen LogP contribution in [0.4, 0.5) is 5.69 Å². The van der Waals surface area contributed by atoms with E-state index in [-0.39, 0.29) is 35.9 Å². The van der Waals surface area contributed by atoms with Crippen LogP contribution in [0.5, 0.6) is 5.75 Å². The molecule has 210 valence electrons. The number of methoxy groups -OCH3 is 1. The Morgan fingerprint density at radius 1 is 1.15 bits per heavy atom. The lowest BCUT2D eigenvalue weighted by atomic mass is 10.1. The minimum absolute atomic E-state index is 0.00748. The van der Waals surface area contributed by atoms with Crippen molar-refractivity contribution < 1.29 is 41.1 Å². The lowest BCUT2D eigenvalue weighted by Crippen LogP contribution is -2.37. The second-order valence-electron chi connectivity index (χ2n) is 8.61. The molecule has 2 atom stereocenters. The third-order valence-electron chi connectivity index (χ3n) is 5.50. The molecule has 3 rings (SSSR count). The first-order chi connectivity index (χ1) is 18.7. The molecule has 2 unspecified atom stereocenters. The molecule has 0 bridgehead atoms. The van der Waals surface area contributed by atoms with E-state index >= 15 is 0 Å². The number of ether oxygens (including phenoxy) is 4. The minimum Gasteiger partial charge on any atom is -0.468 e. The fourth-order valence-electron chi connectivity index (χ4n) is 3.64. The molecule has 2 aromatic carbocycles. The fourth-order valence-corrected chi connectivity index (χ4v) is 4.40. The molecule has 0 radical (unpaired) electrons. The van der Waals surface area contributed by atoms with Crippen molar-refractivity contribution in [2.45, 2.75) is 32.2 Å². The fraction of sp³-hybridized carbons (Fsp3) is 0.370. The molecule has 1 saturated heterocycles. The normalized spacial score (nSPS) is 16.3. The average molecular weight is 578 g/mol. The molecule has 0 aliphatic carbocycles. The summed E-state index contributed by atoms with van der Waals surface area (Å²) in [4.78, 5) is 25.2. The van der Waals surface area contributed by atoms with Gasteiger partial charge in [0, 0.05) is 18.4 Å². The van der Waals surface area contributed by atoms with Gasteiger partial charge in [-0.05, 0) is 42.5 Å². The van der Waals surface area contributed by atoms with E-state index in [1.54, 1.807) is 42.5 Å². The average Bonchev–Trinajstić information content (AvgIpc) is 2.91. The molecule has 1 fully saturated rings. The molecule has 1 aliphatic heterocycles. The zero-order valence-electron chi connectivity index (χ0n) is 21.7. The van der Waals surface area contributed by atoms with Gasteiger partial charge in [-0.1, -0.05) is 54.7 Å². The molecule has 0 aromatic heterocycles. The molecular weight excluding hydrogens is 546 g/mol. The molecule has 0 amide bonds. The van der Waals surface area contributed by atoms with Crippen molar-refractivity contribution in [2.75, 3.05) is 31.9 Å². The van der Waals surface area contributed by atoms with E-state index in [1.165, 1.54) is 12.1 Å². The minimum atomic E-state index is -3.81. The van der Waals surface area contributed by atoms with Crippen molar-refractivity contribution in [2.24, 2.45) is 5.92 Å². The molecule has 0 saturated carbocycles. The van der Waals surface area contributed by atoms with Gasteiger partial charge in [0.2, 0.25) is 5.92 Å². The van der Waals surface area contributed by atoms with E-state index in [0.717, 1.165) is 38.2 Å². The Kier molecular flexibility index (Phi) is 11.4. The number of hydrogen-bond acceptors (Lipinski definition) is 10. The molecule has 2 aromatic rings. The van der Waals surface area contributed by atoms with Gasteiger partial charge in [0.05, 0.1) is 20.0 Å². The molecule has 39 heavy (non-hydrogen) atoms. The molecule has 1 N–H and O–H groups in total. The van der Waals surface area contributed by atoms with Crippen molar-refractivity contribution in [1.82, 2.24) is 0 Å². The van der Waals surface area contributed by atoms with E-state index in [2.05, 4.69) is 5.32 Å². The Hall–Kier alpha value is -3.32. The van der Waals surface area contributed by atoms with Gasteiger partial charge in [-0.25, -0.2) is 0 Å². The number of esters is 2. The zero-order valence-corrected chi connectivity index (χ0v) is 23.3.